The lowest BCUT2D eigenvalue weighted by Gasteiger charge is -2.22. The lowest BCUT2D eigenvalue weighted by Crippen LogP contribution is -2.26. The third kappa shape index (κ3) is 6.22. The number of aromatic nitrogens is 6. The Bertz CT molecular complexity index is 1510. The zero-order valence-electron chi connectivity index (χ0n) is 23.6. The Morgan fingerprint density at radius 2 is 2.00 bits per heavy atom. The van der Waals surface area contributed by atoms with Crippen LogP contribution in [0.3, 0.4) is 0 Å². The summed E-state index contributed by atoms with van der Waals surface area (Å²) in [6.45, 7) is 10.8. The molecule has 0 unspecified atom stereocenters. The van der Waals surface area contributed by atoms with Crippen molar-refractivity contribution in [2.45, 2.75) is 46.1 Å². The van der Waals surface area contributed by atoms with Gasteiger partial charge in [0.15, 0.2) is 11.5 Å². The molecular weight excluding hydrogens is 513 g/mol. The van der Waals surface area contributed by atoms with E-state index >= 15 is 0 Å². The Morgan fingerprint density at radius 3 is 2.75 bits per heavy atom. The molecule has 2 N–H and O–H groups in total. The van der Waals surface area contributed by atoms with Crippen LogP contribution in [0.15, 0.2) is 36.7 Å². The minimum Gasteiger partial charge on any atom is -0.455 e. The topological polar surface area (TPSA) is 115 Å². The molecule has 0 bridgehead atoms. The van der Waals surface area contributed by atoms with Gasteiger partial charge in [-0.1, -0.05) is 20.8 Å². The molecule has 4 aromatic rings. The highest BCUT2D eigenvalue weighted by Gasteiger charge is 2.27. The summed E-state index contributed by atoms with van der Waals surface area (Å²) in [6.07, 6.45) is 4.22. The van der Waals surface area contributed by atoms with E-state index in [1.807, 2.05) is 17.7 Å². The number of nitrogens with one attached hydrogen (secondary N) is 2. The zero-order chi connectivity index (χ0) is 28.4. The van der Waals surface area contributed by atoms with Gasteiger partial charge in [0, 0.05) is 69.1 Å². The standard InChI is InChI=1S/C28H36FN9O2/c1-18(39)32-24-13-20(6-9-30-24)40-21-12-22-26(31-15-21)34-27(36(22)5)33-25-14-23(28(2,3)4)38(35-25)17-19-7-10-37(16-19)11-8-29/h6,9,12-15,19H,7-8,10-11,16-17H2,1-5H3,(H,30,32,39)(H,31,33,34,35)/t19-/m0/s1. The van der Waals surface area contributed by atoms with Gasteiger partial charge >= 0.3 is 0 Å². The predicted octanol–water partition coefficient (Wildman–Crippen LogP) is 4.64. The number of aryl methyl sites for hydroxylation is 1. The number of rotatable bonds is 9. The third-order valence-corrected chi connectivity index (χ3v) is 6.97. The van der Waals surface area contributed by atoms with Crippen molar-refractivity contribution in [3.8, 4) is 11.5 Å². The monoisotopic (exact) mass is 549 g/mol. The van der Waals surface area contributed by atoms with Crippen molar-refractivity contribution in [2.75, 3.05) is 36.9 Å². The van der Waals surface area contributed by atoms with Gasteiger partial charge < -0.3 is 24.8 Å². The Hall–Kier alpha value is -4.06. The molecule has 0 saturated carbocycles. The van der Waals surface area contributed by atoms with Crippen LogP contribution in [-0.4, -0.2) is 66.4 Å². The van der Waals surface area contributed by atoms with Gasteiger partial charge in [-0.15, -0.1) is 0 Å². The van der Waals surface area contributed by atoms with Gasteiger partial charge in [0.25, 0.3) is 0 Å². The number of fused-ring (bicyclic) bond motifs is 1. The summed E-state index contributed by atoms with van der Waals surface area (Å²) >= 11 is 0. The fraction of sp³-hybridized carbons (Fsp3) is 0.464. The highest BCUT2D eigenvalue weighted by atomic mass is 19.1. The maximum Gasteiger partial charge on any atom is 0.222 e. The first-order valence-electron chi connectivity index (χ1n) is 13.5. The second-order valence-electron chi connectivity index (χ2n) is 11.3. The Morgan fingerprint density at radius 1 is 1.18 bits per heavy atom. The molecule has 0 aromatic carbocycles. The normalized spacial score (nSPS) is 16.0. The molecule has 0 aliphatic carbocycles. The molecule has 40 heavy (non-hydrogen) atoms. The van der Waals surface area contributed by atoms with Gasteiger partial charge in [-0.2, -0.15) is 10.1 Å². The van der Waals surface area contributed by atoms with Crippen molar-refractivity contribution in [3.05, 3.63) is 42.4 Å². The molecule has 0 radical (unpaired) electrons. The predicted molar refractivity (Wildman–Crippen MR) is 152 cm³/mol. The number of carbonyl (C=O) groups excluding carboxylic acids is 1. The number of nitrogens with zero attached hydrogens (tertiary/aromatic N) is 7. The maximum absolute atomic E-state index is 12.8. The van der Waals surface area contributed by atoms with E-state index in [9.17, 15) is 9.18 Å². The summed E-state index contributed by atoms with van der Waals surface area (Å²) in [4.78, 5) is 26.8. The van der Waals surface area contributed by atoms with Gasteiger partial charge in [-0.3, -0.25) is 9.48 Å². The first-order valence-corrected chi connectivity index (χ1v) is 13.5. The summed E-state index contributed by atoms with van der Waals surface area (Å²) in [5.41, 5.74) is 2.38. The van der Waals surface area contributed by atoms with Crippen LogP contribution >= 0.6 is 0 Å². The second-order valence-corrected chi connectivity index (χ2v) is 11.3. The molecular formula is C28H36FN9O2. The molecule has 5 heterocycles. The Balaban J connectivity index is 1.35. The summed E-state index contributed by atoms with van der Waals surface area (Å²) in [6, 6.07) is 7.29. The van der Waals surface area contributed by atoms with E-state index in [0.29, 0.717) is 47.2 Å². The molecule has 1 atom stereocenters. The number of halogens is 1. The van der Waals surface area contributed by atoms with Crippen LogP contribution in [0.2, 0.25) is 0 Å². The maximum atomic E-state index is 12.8. The van der Waals surface area contributed by atoms with E-state index in [-0.39, 0.29) is 18.0 Å². The fourth-order valence-corrected chi connectivity index (χ4v) is 5.04. The van der Waals surface area contributed by atoms with Crippen LogP contribution in [0, 0.1) is 5.92 Å². The van der Waals surface area contributed by atoms with E-state index in [1.54, 1.807) is 24.5 Å². The molecule has 1 amide bonds. The molecule has 1 aliphatic rings. The Kier molecular flexibility index (Phi) is 7.70. The quantitative estimate of drug-likeness (QED) is 0.310. The number of amides is 1. The molecule has 1 aliphatic heterocycles. The number of hydrogen-bond donors (Lipinski definition) is 2. The molecule has 11 nitrogen and oxygen atoms in total. The summed E-state index contributed by atoms with van der Waals surface area (Å²) in [7, 11) is 1.91. The smallest absolute Gasteiger partial charge is 0.222 e. The van der Waals surface area contributed by atoms with Crippen LogP contribution in [0.1, 0.15) is 39.8 Å². The number of pyridine rings is 2. The van der Waals surface area contributed by atoms with E-state index in [2.05, 4.69) is 62.0 Å². The molecule has 1 fully saturated rings. The van der Waals surface area contributed by atoms with Crippen LogP contribution in [0.4, 0.5) is 22.0 Å². The van der Waals surface area contributed by atoms with Crippen molar-refractivity contribution in [2.24, 2.45) is 13.0 Å². The SMILES string of the molecule is CC(=O)Nc1cc(Oc2cnc3nc(Nc4cc(C(C)(C)C)n(C[C@H]5CCN(CCF)C5)n4)n(C)c3c2)ccn1. The summed E-state index contributed by atoms with van der Waals surface area (Å²) in [5, 5.41) is 10.9. The van der Waals surface area contributed by atoms with Gasteiger partial charge in [0.1, 0.15) is 24.0 Å². The van der Waals surface area contributed by atoms with Gasteiger partial charge in [0.05, 0.1) is 11.7 Å². The van der Waals surface area contributed by atoms with Crippen molar-refractivity contribution in [3.63, 3.8) is 0 Å². The molecule has 0 spiro atoms. The van der Waals surface area contributed by atoms with Crippen LogP contribution in [0.25, 0.3) is 11.2 Å². The zero-order valence-corrected chi connectivity index (χ0v) is 23.6. The van der Waals surface area contributed by atoms with Crippen molar-refractivity contribution in [1.82, 2.24) is 34.2 Å². The Labute approximate surface area is 232 Å². The molecule has 1 saturated heterocycles. The number of hydrogen-bond acceptors (Lipinski definition) is 8. The lowest BCUT2D eigenvalue weighted by atomic mass is 9.92. The number of ether oxygens (including phenoxy) is 1. The average Bonchev–Trinajstić information content (AvgIpc) is 3.58. The van der Waals surface area contributed by atoms with Crippen molar-refractivity contribution >= 4 is 34.7 Å². The molecule has 5 rings (SSSR count). The highest BCUT2D eigenvalue weighted by molar-refractivity contribution is 5.87. The first-order chi connectivity index (χ1) is 19.1. The minimum absolute atomic E-state index is 0.100. The number of carbonyl (C=O) groups is 1. The summed E-state index contributed by atoms with van der Waals surface area (Å²) < 4.78 is 22.8. The number of imidazole rings is 1. The molecule has 4 aromatic heterocycles. The second kappa shape index (κ2) is 11.2. The van der Waals surface area contributed by atoms with Gasteiger partial charge in [-0.05, 0) is 24.9 Å². The van der Waals surface area contributed by atoms with Crippen LogP contribution in [0.5, 0.6) is 11.5 Å². The number of anilines is 3. The van der Waals surface area contributed by atoms with Gasteiger partial charge in [0.2, 0.25) is 11.9 Å². The number of alkyl halides is 1. The highest BCUT2D eigenvalue weighted by Crippen LogP contribution is 2.30. The van der Waals surface area contributed by atoms with Crippen LogP contribution < -0.4 is 15.4 Å². The number of likely N-dealkylation sites (tertiary alicyclic amines) is 1. The first kappa shape index (κ1) is 27.5. The average molecular weight is 550 g/mol. The van der Waals surface area contributed by atoms with Gasteiger partial charge in [-0.25, -0.2) is 14.4 Å². The lowest BCUT2D eigenvalue weighted by molar-refractivity contribution is -0.114. The van der Waals surface area contributed by atoms with E-state index in [1.165, 1.54) is 6.92 Å². The third-order valence-electron chi connectivity index (χ3n) is 6.97. The largest absolute Gasteiger partial charge is 0.455 e. The van der Waals surface area contributed by atoms with Crippen LogP contribution in [-0.2, 0) is 23.8 Å². The fourth-order valence-electron chi connectivity index (χ4n) is 5.04. The van der Waals surface area contributed by atoms with Crippen molar-refractivity contribution in [1.29, 1.82) is 0 Å². The van der Waals surface area contributed by atoms with E-state index < -0.39 is 0 Å². The molecule has 212 valence electrons. The summed E-state index contributed by atoms with van der Waals surface area (Å²) in [5.74, 6) is 3.01. The molecule has 12 heteroatoms. The minimum atomic E-state index is -0.306. The van der Waals surface area contributed by atoms with Crippen molar-refractivity contribution < 1.29 is 13.9 Å². The van der Waals surface area contributed by atoms with E-state index in [0.717, 1.165) is 37.3 Å². The van der Waals surface area contributed by atoms with E-state index in [4.69, 9.17) is 9.84 Å².